The molecule has 0 saturated carbocycles. The molecule has 34 heavy (non-hydrogen) atoms. The summed E-state index contributed by atoms with van der Waals surface area (Å²) < 4.78 is 81.0. The molecule has 0 radical (unpaired) electrons. The van der Waals surface area contributed by atoms with Crippen LogP contribution in [0, 0.1) is 35.0 Å². The molecular weight excluding hydrogens is 451 g/mol. The van der Waals surface area contributed by atoms with Gasteiger partial charge in [-0.15, -0.1) is 0 Å². The SMILES string of the molecule is CCCC1COC(c2ccc(-c3ccc(CCc4cc(F)c(F)c(F)c4)c(F)c3F)cc2)OC1. The molecule has 2 nitrogen and oxygen atoms in total. The molecule has 1 aliphatic heterocycles. The van der Waals surface area contributed by atoms with Gasteiger partial charge in [0.05, 0.1) is 13.2 Å². The van der Waals surface area contributed by atoms with Gasteiger partial charge in [0.1, 0.15) is 0 Å². The summed E-state index contributed by atoms with van der Waals surface area (Å²) in [5.74, 6) is -5.83. The Hall–Kier alpha value is -2.77. The lowest BCUT2D eigenvalue weighted by Gasteiger charge is -2.29. The van der Waals surface area contributed by atoms with Gasteiger partial charge in [-0.05, 0) is 48.1 Å². The van der Waals surface area contributed by atoms with Gasteiger partial charge in [-0.1, -0.05) is 49.7 Å². The second-order valence-electron chi connectivity index (χ2n) is 8.55. The molecule has 1 fully saturated rings. The highest BCUT2D eigenvalue weighted by Crippen LogP contribution is 2.31. The van der Waals surface area contributed by atoms with E-state index < -0.39 is 35.4 Å². The smallest absolute Gasteiger partial charge is 0.194 e. The molecule has 0 N–H and O–H groups in total. The standard InChI is InChI=1S/C27H25F5O2/c1-2-3-17-14-33-27(34-15-17)20-8-6-18(7-9-20)21-11-10-19(24(30)25(21)31)5-4-16-12-22(28)26(32)23(29)13-16/h6-13,17,27H,2-5,14-15H2,1H3. The molecule has 1 heterocycles. The summed E-state index contributed by atoms with van der Waals surface area (Å²) in [4.78, 5) is 0. The van der Waals surface area contributed by atoms with Crippen LogP contribution in [0.1, 0.15) is 42.7 Å². The van der Waals surface area contributed by atoms with Gasteiger partial charge in [0.2, 0.25) is 0 Å². The van der Waals surface area contributed by atoms with E-state index in [9.17, 15) is 22.0 Å². The van der Waals surface area contributed by atoms with Crippen LogP contribution in [-0.2, 0) is 22.3 Å². The van der Waals surface area contributed by atoms with Crippen LogP contribution >= 0.6 is 0 Å². The van der Waals surface area contributed by atoms with Crippen molar-refractivity contribution in [3.8, 4) is 11.1 Å². The van der Waals surface area contributed by atoms with Crippen LogP contribution < -0.4 is 0 Å². The first-order valence-corrected chi connectivity index (χ1v) is 11.3. The Balaban J connectivity index is 1.44. The van der Waals surface area contributed by atoms with E-state index in [1.54, 1.807) is 24.3 Å². The van der Waals surface area contributed by atoms with E-state index in [4.69, 9.17) is 9.47 Å². The largest absolute Gasteiger partial charge is 0.348 e. The molecule has 0 atom stereocenters. The van der Waals surface area contributed by atoms with Crippen molar-refractivity contribution in [3.05, 3.63) is 94.3 Å². The lowest BCUT2D eigenvalue weighted by Crippen LogP contribution is -2.26. The minimum absolute atomic E-state index is 0.00185. The quantitative estimate of drug-likeness (QED) is 0.263. The third-order valence-electron chi connectivity index (χ3n) is 6.05. The van der Waals surface area contributed by atoms with Crippen LogP contribution in [-0.4, -0.2) is 13.2 Å². The topological polar surface area (TPSA) is 18.5 Å². The summed E-state index contributed by atoms with van der Waals surface area (Å²) in [5, 5.41) is 0. The van der Waals surface area contributed by atoms with Gasteiger partial charge in [-0.3, -0.25) is 0 Å². The first-order chi connectivity index (χ1) is 16.4. The van der Waals surface area contributed by atoms with Gasteiger partial charge in [-0.2, -0.15) is 0 Å². The molecule has 0 spiro atoms. The number of halogens is 5. The Morgan fingerprint density at radius 1 is 0.765 bits per heavy atom. The van der Waals surface area contributed by atoms with E-state index in [-0.39, 0.29) is 29.5 Å². The van der Waals surface area contributed by atoms with Gasteiger partial charge in [0.25, 0.3) is 0 Å². The summed E-state index contributed by atoms with van der Waals surface area (Å²) >= 11 is 0. The van der Waals surface area contributed by atoms with E-state index in [1.165, 1.54) is 12.1 Å². The van der Waals surface area contributed by atoms with Crippen LogP contribution in [0.25, 0.3) is 11.1 Å². The number of rotatable bonds is 7. The Labute approximate surface area is 195 Å². The second-order valence-corrected chi connectivity index (χ2v) is 8.55. The number of aryl methyl sites for hydroxylation is 2. The Kier molecular flexibility index (Phi) is 7.63. The zero-order valence-corrected chi connectivity index (χ0v) is 18.7. The fourth-order valence-electron chi connectivity index (χ4n) is 4.17. The predicted molar refractivity (Wildman–Crippen MR) is 119 cm³/mol. The molecule has 1 saturated heterocycles. The Morgan fingerprint density at radius 2 is 1.41 bits per heavy atom. The maximum Gasteiger partial charge on any atom is 0.194 e. The average Bonchev–Trinajstić information content (AvgIpc) is 2.84. The summed E-state index contributed by atoms with van der Waals surface area (Å²) in [6.07, 6.45) is 1.67. The fourth-order valence-corrected chi connectivity index (χ4v) is 4.17. The van der Waals surface area contributed by atoms with E-state index in [0.717, 1.165) is 30.5 Å². The van der Waals surface area contributed by atoms with Gasteiger partial charge >= 0.3 is 0 Å². The van der Waals surface area contributed by atoms with E-state index in [1.807, 2.05) is 0 Å². The zero-order valence-electron chi connectivity index (χ0n) is 18.7. The monoisotopic (exact) mass is 476 g/mol. The molecule has 0 aromatic heterocycles. The maximum atomic E-state index is 14.8. The summed E-state index contributed by atoms with van der Waals surface area (Å²) in [5.41, 5.74) is 1.61. The number of hydrogen-bond donors (Lipinski definition) is 0. The van der Waals surface area contributed by atoms with E-state index >= 15 is 0 Å². The van der Waals surface area contributed by atoms with Gasteiger partial charge < -0.3 is 9.47 Å². The maximum absolute atomic E-state index is 14.8. The van der Waals surface area contributed by atoms with Crippen LogP contribution in [0.3, 0.4) is 0 Å². The summed E-state index contributed by atoms with van der Waals surface area (Å²) in [7, 11) is 0. The van der Waals surface area contributed by atoms with Crippen molar-refractivity contribution < 1.29 is 31.4 Å². The lowest BCUT2D eigenvalue weighted by atomic mass is 9.98. The molecule has 1 aliphatic rings. The number of benzene rings is 3. The Bertz CT molecular complexity index is 1120. The third-order valence-corrected chi connectivity index (χ3v) is 6.05. The molecule has 0 bridgehead atoms. The average molecular weight is 476 g/mol. The van der Waals surface area contributed by atoms with E-state index in [2.05, 4.69) is 6.92 Å². The first-order valence-electron chi connectivity index (χ1n) is 11.3. The van der Waals surface area contributed by atoms with E-state index in [0.29, 0.717) is 24.7 Å². The third kappa shape index (κ3) is 5.31. The normalized spacial score (nSPS) is 18.3. The molecule has 0 aliphatic carbocycles. The molecule has 0 unspecified atom stereocenters. The lowest BCUT2D eigenvalue weighted by molar-refractivity contribution is -0.206. The number of ether oxygens (including phenoxy) is 2. The molecule has 0 amide bonds. The minimum atomic E-state index is -1.56. The van der Waals surface area contributed by atoms with Crippen molar-refractivity contribution >= 4 is 0 Å². The van der Waals surface area contributed by atoms with Gasteiger partial charge in [-0.25, -0.2) is 22.0 Å². The van der Waals surface area contributed by atoms with Crippen LogP contribution in [0.5, 0.6) is 0 Å². The molecule has 180 valence electrons. The molecule has 3 aromatic rings. The van der Waals surface area contributed by atoms with Gasteiger partial charge in [0.15, 0.2) is 35.4 Å². The van der Waals surface area contributed by atoms with Crippen molar-refractivity contribution in [2.75, 3.05) is 13.2 Å². The summed E-state index contributed by atoms with van der Waals surface area (Å²) in [6.45, 7) is 3.37. The van der Waals surface area contributed by atoms with Crippen molar-refractivity contribution in [1.29, 1.82) is 0 Å². The number of hydrogen-bond acceptors (Lipinski definition) is 2. The van der Waals surface area contributed by atoms with Crippen LogP contribution in [0.15, 0.2) is 48.5 Å². The first kappa shape index (κ1) is 24.4. The van der Waals surface area contributed by atoms with Crippen molar-refractivity contribution in [1.82, 2.24) is 0 Å². The molecular formula is C27H25F5O2. The van der Waals surface area contributed by atoms with Crippen molar-refractivity contribution in [2.45, 2.75) is 38.9 Å². The highest BCUT2D eigenvalue weighted by molar-refractivity contribution is 5.65. The van der Waals surface area contributed by atoms with Crippen molar-refractivity contribution in [2.24, 2.45) is 5.92 Å². The highest BCUT2D eigenvalue weighted by Gasteiger charge is 2.23. The predicted octanol–water partition coefficient (Wildman–Crippen LogP) is 7.30. The highest BCUT2D eigenvalue weighted by atomic mass is 19.2. The van der Waals surface area contributed by atoms with Crippen LogP contribution in [0.2, 0.25) is 0 Å². The zero-order chi connectivity index (χ0) is 24.2. The fraction of sp³-hybridized carbons (Fsp3) is 0.333. The second kappa shape index (κ2) is 10.7. The van der Waals surface area contributed by atoms with Crippen LogP contribution in [0.4, 0.5) is 22.0 Å². The van der Waals surface area contributed by atoms with Gasteiger partial charge in [0, 0.05) is 17.0 Å². The molecule has 3 aromatic carbocycles. The summed E-state index contributed by atoms with van der Waals surface area (Å²) in [6, 6.07) is 11.5. The Morgan fingerprint density at radius 3 is 2.03 bits per heavy atom. The van der Waals surface area contributed by atoms with Crippen molar-refractivity contribution in [3.63, 3.8) is 0 Å². The molecule has 7 heteroatoms. The minimum Gasteiger partial charge on any atom is -0.348 e. The molecule has 4 rings (SSSR count).